The van der Waals surface area contributed by atoms with Crippen LogP contribution in [0, 0.1) is 5.92 Å². The van der Waals surface area contributed by atoms with Gasteiger partial charge in [-0.25, -0.2) is 0 Å². The molecule has 2 aliphatic heterocycles. The fourth-order valence-electron chi connectivity index (χ4n) is 4.95. The fraction of sp³-hybridized carbons (Fsp3) is 0.423. The summed E-state index contributed by atoms with van der Waals surface area (Å²) < 4.78 is 5.91. The van der Waals surface area contributed by atoms with E-state index in [0.29, 0.717) is 29.5 Å². The van der Waals surface area contributed by atoms with Crippen LogP contribution in [0.4, 0.5) is 0 Å². The van der Waals surface area contributed by atoms with E-state index >= 15 is 0 Å². The highest BCUT2D eigenvalue weighted by molar-refractivity contribution is 6.22. The second-order valence-electron chi connectivity index (χ2n) is 9.26. The number of carbonyl (C=O) groups is 3. The van der Waals surface area contributed by atoms with E-state index in [1.165, 1.54) is 5.56 Å². The summed E-state index contributed by atoms with van der Waals surface area (Å²) in [6.45, 7) is 5.23. The molecule has 2 aliphatic rings. The molecule has 3 amide bonds. The summed E-state index contributed by atoms with van der Waals surface area (Å²) in [5.41, 5.74) is 1.84. The standard InChI is InChI=1S/C26H30N2O4/c1-26(2)16-19(13-15-32-26)20(18-8-4-3-5-9-18)12-14-27-23(29)17-28-24(30)21-10-6-7-11-22(21)25(28)31/h3-11,19-20H,12-17H2,1-2H3,(H,27,29)/t19-,20+/m0/s1. The van der Waals surface area contributed by atoms with E-state index in [9.17, 15) is 14.4 Å². The second kappa shape index (κ2) is 9.25. The molecule has 0 saturated carbocycles. The summed E-state index contributed by atoms with van der Waals surface area (Å²) in [6, 6.07) is 17.1. The Morgan fingerprint density at radius 1 is 1.06 bits per heavy atom. The van der Waals surface area contributed by atoms with Gasteiger partial charge in [-0.1, -0.05) is 42.5 Å². The highest BCUT2D eigenvalue weighted by Crippen LogP contribution is 2.39. The van der Waals surface area contributed by atoms with Gasteiger partial charge in [0.2, 0.25) is 5.91 Å². The topological polar surface area (TPSA) is 75.7 Å². The van der Waals surface area contributed by atoms with Crippen LogP contribution in [0.3, 0.4) is 0 Å². The molecule has 0 radical (unpaired) electrons. The number of hydrogen-bond donors (Lipinski definition) is 1. The van der Waals surface area contributed by atoms with Gasteiger partial charge in [-0.2, -0.15) is 0 Å². The molecule has 0 unspecified atom stereocenters. The van der Waals surface area contributed by atoms with Crippen LogP contribution in [0.25, 0.3) is 0 Å². The average Bonchev–Trinajstić information content (AvgIpc) is 3.02. The van der Waals surface area contributed by atoms with Gasteiger partial charge in [0.1, 0.15) is 6.54 Å². The van der Waals surface area contributed by atoms with Gasteiger partial charge in [-0.15, -0.1) is 0 Å². The first-order chi connectivity index (χ1) is 15.4. The first-order valence-corrected chi connectivity index (χ1v) is 11.3. The van der Waals surface area contributed by atoms with Crippen LogP contribution in [-0.4, -0.2) is 47.9 Å². The van der Waals surface area contributed by atoms with Crippen LogP contribution in [0.15, 0.2) is 54.6 Å². The van der Waals surface area contributed by atoms with Crippen molar-refractivity contribution in [2.24, 2.45) is 5.92 Å². The minimum absolute atomic E-state index is 0.148. The Labute approximate surface area is 188 Å². The number of fused-ring (bicyclic) bond motifs is 1. The molecule has 1 saturated heterocycles. The number of rotatable bonds is 7. The maximum atomic E-state index is 12.6. The molecule has 4 rings (SSSR count). The predicted octanol–water partition coefficient (Wildman–Crippen LogP) is 3.78. The highest BCUT2D eigenvalue weighted by atomic mass is 16.5. The lowest BCUT2D eigenvalue weighted by molar-refractivity contribution is -0.121. The number of amides is 3. The van der Waals surface area contributed by atoms with E-state index in [1.807, 2.05) is 18.2 Å². The van der Waals surface area contributed by atoms with Crippen LogP contribution < -0.4 is 5.32 Å². The van der Waals surface area contributed by atoms with Crippen LogP contribution in [0.5, 0.6) is 0 Å². The molecule has 6 heteroatoms. The van der Waals surface area contributed by atoms with Crippen LogP contribution in [0.2, 0.25) is 0 Å². The third kappa shape index (κ3) is 4.75. The van der Waals surface area contributed by atoms with Crippen molar-refractivity contribution in [3.8, 4) is 0 Å². The first kappa shape index (κ1) is 22.2. The van der Waals surface area contributed by atoms with Crippen LogP contribution >= 0.6 is 0 Å². The van der Waals surface area contributed by atoms with Gasteiger partial charge in [0.15, 0.2) is 0 Å². The number of hydrogen-bond acceptors (Lipinski definition) is 4. The molecule has 1 fully saturated rings. The zero-order chi connectivity index (χ0) is 22.7. The Bertz CT molecular complexity index is 967. The minimum atomic E-state index is -0.410. The summed E-state index contributed by atoms with van der Waals surface area (Å²) in [5.74, 6) is -0.369. The summed E-state index contributed by atoms with van der Waals surface area (Å²) in [4.78, 5) is 38.6. The molecule has 1 N–H and O–H groups in total. The molecule has 0 bridgehead atoms. The van der Waals surface area contributed by atoms with Crippen molar-refractivity contribution in [1.82, 2.24) is 10.2 Å². The SMILES string of the molecule is CC1(C)C[C@@H]([C@H](CCNC(=O)CN2C(=O)c3ccccc3C2=O)c2ccccc2)CCO1. The number of benzene rings is 2. The van der Waals surface area contributed by atoms with Crippen molar-refractivity contribution in [3.63, 3.8) is 0 Å². The van der Waals surface area contributed by atoms with E-state index in [-0.39, 0.29) is 18.1 Å². The lowest BCUT2D eigenvalue weighted by Crippen LogP contribution is -2.41. The smallest absolute Gasteiger partial charge is 0.262 e. The summed E-state index contributed by atoms with van der Waals surface area (Å²) in [5, 5.41) is 2.92. The lowest BCUT2D eigenvalue weighted by Gasteiger charge is -2.39. The highest BCUT2D eigenvalue weighted by Gasteiger charge is 2.37. The monoisotopic (exact) mass is 434 g/mol. The first-order valence-electron chi connectivity index (χ1n) is 11.3. The van der Waals surface area contributed by atoms with Crippen LogP contribution in [-0.2, 0) is 9.53 Å². The van der Waals surface area contributed by atoms with Crippen molar-refractivity contribution in [1.29, 1.82) is 0 Å². The molecular formula is C26H30N2O4. The summed E-state index contributed by atoms with van der Waals surface area (Å²) in [6.07, 6.45) is 2.75. The van der Waals surface area contributed by atoms with Crippen molar-refractivity contribution in [2.45, 2.75) is 44.6 Å². The maximum absolute atomic E-state index is 12.6. The number of nitrogens with zero attached hydrogens (tertiary/aromatic N) is 1. The Hall–Kier alpha value is -2.99. The molecule has 168 valence electrons. The van der Waals surface area contributed by atoms with E-state index in [4.69, 9.17) is 4.74 Å². The fourth-order valence-corrected chi connectivity index (χ4v) is 4.95. The Morgan fingerprint density at radius 2 is 1.69 bits per heavy atom. The van der Waals surface area contributed by atoms with Gasteiger partial charge in [-0.05, 0) is 62.6 Å². The maximum Gasteiger partial charge on any atom is 0.262 e. The molecular weight excluding hydrogens is 404 g/mol. The number of carbonyl (C=O) groups excluding carboxylic acids is 3. The summed E-state index contributed by atoms with van der Waals surface area (Å²) >= 11 is 0. The van der Waals surface area contributed by atoms with Crippen molar-refractivity contribution in [2.75, 3.05) is 19.7 Å². The molecule has 0 aromatic heterocycles. The molecule has 0 spiro atoms. The number of ether oxygens (including phenoxy) is 1. The zero-order valence-electron chi connectivity index (χ0n) is 18.7. The van der Waals surface area contributed by atoms with Crippen molar-refractivity contribution < 1.29 is 19.1 Å². The molecule has 2 aromatic carbocycles. The Balaban J connectivity index is 1.36. The zero-order valence-corrected chi connectivity index (χ0v) is 18.7. The minimum Gasteiger partial charge on any atom is -0.376 e. The molecule has 2 aromatic rings. The third-order valence-electron chi connectivity index (χ3n) is 6.49. The lowest BCUT2D eigenvalue weighted by atomic mass is 9.75. The quantitative estimate of drug-likeness (QED) is 0.673. The van der Waals surface area contributed by atoms with Crippen LogP contribution in [0.1, 0.15) is 65.3 Å². The molecule has 0 aliphatic carbocycles. The van der Waals surface area contributed by atoms with Crippen molar-refractivity contribution in [3.05, 3.63) is 71.3 Å². The molecule has 32 heavy (non-hydrogen) atoms. The molecule has 6 nitrogen and oxygen atoms in total. The van der Waals surface area contributed by atoms with Gasteiger partial charge in [0.05, 0.1) is 16.7 Å². The van der Waals surface area contributed by atoms with Gasteiger partial charge in [-0.3, -0.25) is 19.3 Å². The van der Waals surface area contributed by atoms with Gasteiger partial charge >= 0.3 is 0 Å². The molecule has 2 heterocycles. The van der Waals surface area contributed by atoms with E-state index in [2.05, 4.69) is 31.3 Å². The average molecular weight is 435 g/mol. The molecule has 2 atom stereocenters. The van der Waals surface area contributed by atoms with E-state index < -0.39 is 11.8 Å². The summed E-state index contributed by atoms with van der Waals surface area (Å²) in [7, 11) is 0. The number of imide groups is 1. The normalized spacial score (nSPS) is 20.7. The van der Waals surface area contributed by atoms with Crippen molar-refractivity contribution >= 4 is 17.7 Å². The number of nitrogens with one attached hydrogen (secondary N) is 1. The Kier molecular flexibility index (Phi) is 6.42. The predicted molar refractivity (Wildman–Crippen MR) is 121 cm³/mol. The third-order valence-corrected chi connectivity index (χ3v) is 6.49. The Morgan fingerprint density at radius 3 is 2.31 bits per heavy atom. The van der Waals surface area contributed by atoms with E-state index in [1.54, 1.807) is 24.3 Å². The largest absolute Gasteiger partial charge is 0.376 e. The van der Waals surface area contributed by atoms with Gasteiger partial charge < -0.3 is 10.1 Å². The van der Waals surface area contributed by atoms with Gasteiger partial charge in [0, 0.05) is 13.2 Å². The van der Waals surface area contributed by atoms with Gasteiger partial charge in [0.25, 0.3) is 11.8 Å². The second-order valence-corrected chi connectivity index (χ2v) is 9.26. The van der Waals surface area contributed by atoms with E-state index in [0.717, 1.165) is 30.8 Å².